The van der Waals surface area contributed by atoms with Gasteiger partial charge in [-0.2, -0.15) is 0 Å². The summed E-state index contributed by atoms with van der Waals surface area (Å²) in [5.74, 6) is 1.90. The first-order valence-corrected chi connectivity index (χ1v) is 26.3. The Kier molecular flexibility index (Phi) is 8.99. The zero-order valence-corrected chi connectivity index (χ0v) is 37.9. The van der Waals surface area contributed by atoms with E-state index in [1.54, 1.807) is 0 Å². The van der Waals surface area contributed by atoms with Crippen molar-refractivity contribution in [1.29, 1.82) is 0 Å². The molecule has 0 unspecified atom stereocenters. The second kappa shape index (κ2) is 15.4. The van der Waals surface area contributed by atoms with E-state index in [4.69, 9.17) is 4.74 Å². The Bertz CT molecular complexity index is 3550. The van der Waals surface area contributed by atoms with Crippen molar-refractivity contribution in [3.8, 4) is 22.6 Å². The summed E-state index contributed by atoms with van der Waals surface area (Å²) in [5.41, 5.74) is 5.75. The predicted molar refractivity (Wildman–Crippen MR) is 279 cm³/mol. The molecule has 2 aliphatic heterocycles. The van der Waals surface area contributed by atoms with Crippen LogP contribution in [0.5, 0.6) is 11.5 Å². The normalized spacial score (nSPS) is 14.3. The van der Waals surface area contributed by atoms with Crippen LogP contribution in [-0.2, 0) is 0 Å². The van der Waals surface area contributed by atoms with Crippen LogP contribution in [0, 0.1) is 0 Å². The Morgan fingerprint density at radius 2 is 0.818 bits per heavy atom. The molecule has 0 bridgehead atoms. The van der Waals surface area contributed by atoms with Crippen molar-refractivity contribution in [2.24, 2.45) is 0 Å². The van der Waals surface area contributed by atoms with E-state index in [0.29, 0.717) is 0 Å². The maximum absolute atomic E-state index is 6.83. The maximum atomic E-state index is 6.83. The van der Waals surface area contributed by atoms with Gasteiger partial charge in [-0.15, -0.1) is 10.0 Å². The van der Waals surface area contributed by atoms with E-state index in [2.05, 4.69) is 266 Å². The first-order valence-electron chi connectivity index (χ1n) is 22.7. The fourth-order valence-corrected chi connectivity index (χ4v) is 22.0. The molecular weight excluding hydrogens is 835 g/mol. The molecule has 11 aromatic carbocycles. The fraction of sp³-hybridized carbons (Fsp3) is 0. The number of para-hydroxylation sites is 3. The molecule has 0 atom stereocenters. The molecular formula is C62H43NOSSi. The second-order valence-corrected chi connectivity index (χ2v) is 23.9. The monoisotopic (exact) mass is 877 g/mol. The quantitative estimate of drug-likeness (QED) is 0.122. The largest absolute Gasteiger partial charge is 0.458 e. The van der Waals surface area contributed by atoms with Gasteiger partial charge in [0.25, 0.3) is 0 Å². The van der Waals surface area contributed by atoms with Gasteiger partial charge in [0.05, 0.1) is 5.69 Å². The number of anilines is 3. The number of hydrogen-bond acceptors (Lipinski definition) is 2. The van der Waals surface area contributed by atoms with Crippen LogP contribution < -0.4 is 30.4 Å². The van der Waals surface area contributed by atoms with Gasteiger partial charge in [0.15, 0.2) is 8.07 Å². The molecule has 0 fully saturated rings. The summed E-state index contributed by atoms with van der Waals surface area (Å²) in [6.07, 6.45) is 0. The Labute approximate surface area is 388 Å². The molecule has 0 saturated heterocycles. The number of benzene rings is 11. The lowest BCUT2D eigenvalue weighted by atomic mass is 9.98. The van der Waals surface area contributed by atoms with Crippen molar-refractivity contribution in [3.05, 3.63) is 261 Å². The molecule has 2 heterocycles. The van der Waals surface area contributed by atoms with Crippen molar-refractivity contribution >= 4 is 77.5 Å². The Hall–Kier alpha value is -7.89. The van der Waals surface area contributed by atoms with Crippen molar-refractivity contribution < 1.29 is 4.74 Å². The van der Waals surface area contributed by atoms with Crippen LogP contribution in [0.2, 0.25) is 0 Å². The molecule has 4 heteroatoms. The van der Waals surface area contributed by atoms with Gasteiger partial charge >= 0.3 is 0 Å². The molecule has 0 radical (unpaired) electrons. The Balaban J connectivity index is 1.07. The lowest BCUT2D eigenvalue weighted by Gasteiger charge is -2.53. The molecule has 0 N–H and O–H groups in total. The average molecular weight is 878 g/mol. The Morgan fingerprint density at radius 1 is 0.333 bits per heavy atom. The first kappa shape index (κ1) is 38.6. The van der Waals surface area contributed by atoms with Crippen molar-refractivity contribution in [1.82, 2.24) is 0 Å². The van der Waals surface area contributed by atoms with Gasteiger partial charge in [-0.1, -0.05) is 182 Å². The van der Waals surface area contributed by atoms with Gasteiger partial charge in [0, 0.05) is 36.3 Å². The second-order valence-electron chi connectivity index (χ2n) is 17.2. The average Bonchev–Trinajstić information content (AvgIpc) is 3.40. The molecule has 1 spiro atoms. The van der Waals surface area contributed by atoms with Crippen molar-refractivity contribution in [2.75, 3.05) is 4.90 Å². The summed E-state index contributed by atoms with van der Waals surface area (Å²) in [4.78, 5) is 7.87. The highest BCUT2D eigenvalue weighted by atomic mass is 32.3. The highest BCUT2D eigenvalue weighted by molar-refractivity contribution is 8.34. The topological polar surface area (TPSA) is 12.5 Å². The van der Waals surface area contributed by atoms with Crippen molar-refractivity contribution in [3.63, 3.8) is 0 Å². The minimum Gasteiger partial charge on any atom is -0.458 e. The minimum absolute atomic E-state index is 0.951. The third-order valence-corrected chi connectivity index (χ3v) is 23.1. The number of nitrogens with zero attached hydrogens (tertiary/aromatic N) is 1. The van der Waals surface area contributed by atoms with Crippen LogP contribution in [-0.4, -0.2) is 8.07 Å². The maximum Gasteiger partial charge on any atom is 0.190 e. The predicted octanol–water partition coefficient (Wildman–Crippen LogP) is 14.3. The fourth-order valence-electron chi connectivity index (χ4n) is 11.1. The smallest absolute Gasteiger partial charge is 0.190 e. The van der Waals surface area contributed by atoms with Gasteiger partial charge < -0.3 is 9.64 Å². The SMILES string of the molecule is c1ccc(N(c2ccc(-c3ccc4c(c3)S(c3ccccc3)(c3ccccc3)c3ccccc3[Si]43c4ccccc4Oc4ccccc43)cc2)c2cc3ccccc3c3ccccc23)cc1. The number of fused-ring (bicyclic) bond motifs is 11. The highest BCUT2D eigenvalue weighted by Gasteiger charge is 2.56. The van der Waals surface area contributed by atoms with E-state index in [-0.39, 0.29) is 0 Å². The summed E-state index contributed by atoms with van der Waals surface area (Å²) in [7, 11) is -5.01. The van der Waals surface area contributed by atoms with E-state index in [0.717, 1.165) is 28.6 Å². The van der Waals surface area contributed by atoms with Gasteiger partial charge in [-0.05, 0) is 127 Å². The van der Waals surface area contributed by atoms with E-state index in [1.165, 1.54) is 73.0 Å². The lowest BCUT2D eigenvalue weighted by molar-refractivity contribution is 0.487. The van der Waals surface area contributed by atoms with Gasteiger partial charge in [-0.3, -0.25) is 0 Å². The first-order chi connectivity index (χ1) is 32.7. The van der Waals surface area contributed by atoms with Crippen LogP contribution in [0.3, 0.4) is 0 Å². The number of ether oxygens (including phenoxy) is 1. The standard InChI is InChI=1S/C62H43NOSSi/c1-4-21-47(22-5-1)63(54-42-46-20-10-11-27-51(46)52-28-12-13-29-53(52)54)48-39-36-44(37-40-48)45-38-41-62-58(43-45)65(49-23-6-2-7-24-49,50-25-8-3-9-26-50)57-32-16-19-35-61(57)66(62)59-33-17-14-30-55(59)64-56-31-15-18-34-60(56)66/h1-43H. The van der Waals surface area contributed by atoms with Crippen LogP contribution in [0.4, 0.5) is 17.1 Å². The molecule has 312 valence electrons. The zero-order chi connectivity index (χ0) is 43.7. The third-order valence-electron chi connectivity index (χ3n) is 13.8. The summed E-state index contributed by atoms with van der Waals surface area (Å²) >= 11 is 0. The highest BCUT2D eigenvalue weighted by Crippen LogP contribution is 2.74. The van der Waals surface area contributed by atoms with Gasteiger partial charge in [-0.25, -0.2) is 0 Å². The summed E-state index contributed by atoms with van der Waals surface area (Å²) < 4.78 is 6.83. The molecule has 0 aromatic heterocycles. The number of hydrogen-bond donors (Lipinski definition) is 0. The molecule has 0 aliphatic carbocycles. The number of rotatable bonds is 6. The summed E-state index contributed by atoms with van der Waals surface area (Å²) in [5, 5.41) is 10.4. The molecule has 11 aromatic rings. The van der Waals surface area contributed by atoms with E-state index >= 15 is 0 Å². The van der Waals surface area contributed by atoms with E-state index in [1.807, 2.05) is 0 Å². The van der Waals surface area contributed by atoms with Gasteiger partial charge in [0.2, 0.25) is 0 Å². The van der Waals surface area contributed by atoms with Crippen LogP contribution in [0.25, 0.3) is 32.7 Å². The minimum atomic E-state index is -2.98. The molecule has 66 heavy (non-hydrogen) atoms. The lowest BCUT2D eigenvalue weighted by Crippen LogP contribution is -2.78. The molecule has 2 aliphatic rings. The molecule has 0 amide bonds. The summed E-state index contributed by atoms with van der Waals surface area (Å²) in [6.45, 7) is 0. The van der Waals surface area contributed by atoms with Gasteiger partial charge in [0.1, 0.15) is 11.5 Å². The van der Waals surface area contributed by atoms with E-state index < -0.39 is 18.1 Å². The van der Waals surface area contributed by atoms with Crippen LogP contribution in [0.15, 0.2) is 280 Å². The summed E-state index contributed by atoms with van der Waals surface area (Å²) in [6, 6.07) is 97.0. The third kappa shape index (κ3) is 5.62. The van der Waals surface area contributed by atoms with E-state index in [9.17, 15) is 0 Å². The zero-order valence-electron chi connectivity index (χ0n) is 36.1. The van der Waals surface area contributed by atoms with Crippen LogP contribution >= 0.6 is 10.0 Å². The molecule has 13 rings (SSSR count). The Morgan fingerprint density at radius 3 is 1.48 bits per heavy atom. The van der Waals surface area contributed by atoms with Crippen molar-refractivity contribution in [2.45, 2.75) is 19.6 Å². The molecule has 0 saturated carbocycles. The van der Waals surface area contributed by atoms with Crippen LogP contribution in [0.1, 0.15) is 0 Å². The molecule has 2 nitrogen and oxygen atoms in total.